The van der Waals surface area contributed by atoms with Crippen LogP contribution in [0.4, 0.5) is 5.69 Å². The van der Waals surface area contributed by atoms with E-state index in [0.29, 0.717) is 47.8 Å². The van der Waals surface area contributed by atoms with Crippen molar-refractivity contribution in [3.05, 3.63) is 82.0 Å². The lowest BCUT2D eigenvalue weighted by Gasteiger charge is -2.26. The Labute approximate surface area is 204 Å². The summed E-state index contributed by atoms with van der Waals surface area (Å²) < 4.78 is 5.37. The van der Waals surface area contributed by atoms with Gasteiger partial charge in [-0.2, -0.15) is 0 Å². The molecular weight excluding hydrogens is 456 g/mol. The van der Waals surface area contributed by atoms with Crippen molar-refractivity contribution in [1.82, 2.24) is 15.2 Å². The number of nitro benzene ring substituents is 1. The fraction of sp³-hybridized carbons (Fsp3) is 0.280. The Kier molecular flexibility index (Phi) is 8.70. The zero-order chi connectivity index (χ0) is 23.2. The summed E-state index contributed by atoms with van der Waals surface area (Å²) in [6.07, 6.45) is 0. The molecular formula is C25H27ClN4O4. The van der Waals surface area contributed by atoms with Crippen LogP contribution in [-0.2, 0) is 4.74 Å². The monoisotopic (exact) mass is 482 g/mol. The van der Waals surface area contributed by atoms with Crippen LogP contribution in [0.2, 0.25) is 0 Å². The Hall–Kier alpha value is -3.33. The van der Waals surface area contributed by atoms with Gasteiger partial charge < -0.3 is 10.1 Å². The van der Waals surface area contributed by atoms with Crippen LogP contribution < -0.4 is 5.32 Å². The minimum absolute atomic E-state index is 0. The van der Waals surface area contributed by atoms with Crippen molar-refractivity contribution in [1.29, 1.82) is 0 Å². The Balaban J connectivity index is 0.00000324. The molecule has 0 unspecified atom stereocenters. The van der Waals surface area contributed by atoms with Crippen LogP contribution in [0.15, 0.2) is 60.7 Å². The Morgan fingerprint density at radius 2 is 1.79 bits per heavy atom. The topological polar surface area (TPSA) is 97.6 Å². The molecule has 34 heavy (non-hydrogen) atoms. The van der Waals surface area contributed by atoms with Crippen molar-refractivity contribution in [2.75, 3.05) is 39.4 Å². The second kappa shape index (κ2) is 11.7. The summed E-state index contributed by atoms with van der Waals surface area (Å²) in [5.41, 5.74) is 3.81. The first-order valence-electron chi connectivity index (χ1n) is 10.9. The molecule has 8 nitrogen and oxygen atoms in total. The number of nitro groups is 1. The maximum Gasteiger partial charge on any atom is 0.270 e. The Morgan fingerprint density at radius 3 is 2.50 bits per heavy atom. The lowest BCUT2D eigenvalue weighted by atomic mass is 9.95. The smallest absolute Gasteiger partial charge is 0.270 e. The predicted molar refractivity (Wildman–Crippen MR) is 133 cm³/mol. The van der Waals surface area contributed by atoms with E-state index >= 15 is 0 Å². The van der Waals surface area contributed by atoms with Gasteiger partial charge in [-0.3, -0.25) is 24.8 Å². The van der Waals surface area contributed by atoms with Crippen LogP contribution >= 0.6 is 12.4 Å². The molecule has 1 fully saturated rings. The van der Waals surface area contributed by atoms with E-state index in [4.69, 9.17) is 4.74 Å². The number of carbonyl (C=O) groups excluding carboxylic acids is 1. The first kappa shape index (κ1) is 25.3. The lowest BCUT2D eigenvalue weighted by molar-refractivity contribution is -0.384. The van der Waals surface area contributed by atoms with Crippen molar-refractivity contribution in [2.45, 2.75) is 6.92 Å². The SMILES string of the molecule is Cc1nc(-c2ccccc2)cc(-c2cccc([N+](=O)[O-])c2)c1C(=O)NCCN1CCOCC1.Cl. The number of morpholine rings is 1. The number of pyridine rings is 1. The van der Waals surface area contributed by atoms with Crippen LogP contribution in [0.3, 0.4) is 0 Å². The van der Waals surface area contributed by atoms with E-state index < -0.39 is 4.92 Å². The molecule has 1 N–H and O–H groups in total. The van der Waals surface area contributed by atoms with E-state index in [1.54, 1.807) is 19.1 Å². The van der Waals surface area contributed by atoms with Crippen molar-refractivity contribution < 1.29 is 14.5 Å². The molecule has 0 saturated carbocycles. The number of aromatic nitrogens is 1. The fourth-order valence-electron chi connectivity index (χ4n) is 3.97. The number of non-ortho nitro benzene ring substituents is 1. The molecule has 178 valence electrons. The van der Waals surface area contributed by atoms with Gasteiger partial charge in [-0.1, -0.05) is 42.5 Å². The zero-order valence-electron chi connectivity index (χ0n) is 18.9. The van der Waals surface area contributed by atoms with Crippen molar-refractivity contribution in [3.8, 4) is 22.4 Å². The van der Waals surface area contributed by atoms with Crippen LogP contribution in [0.1, 0.15) is 16.1 Å². The van der Waals surface area contributed by atoms with Gasteiger partial charge in [0.1, 0.15) is 0 Å². The third kappa shape index (κ3) is 5.96. The highest BCUT2D eigenvalue weighted by Gasteiger charge is 2.21. The number of aryl methyl sites for hydroxylation is 1. The third-order valence-corrected chi connectivity index (χ3v) is 5.68. The van der Waals surface area contributed by atoms with Crippen LogP contribution in [-0.4, -0.2) is 60.1 Å². The molecule has 9 heteroatoms. The fourth-order valence-corrected chi connectivity index (χ4v) is 3.97. The van der Waals surface area contributed by atoms with Gasteiger partial charge in [-0.15, -0.1) is 12.4 Å². The van der Waals surface area contributed by atoms with Gasteiger partial charge in [0.15, 0.2) is 0 Å². The summed E-state index contributed by atoms with van der Waals surface area (Å²) in [6.45, 7) is 6.12. The third-order valence-electron chi connectivity index (χ3n) is 5.68. The second-order valence-corrected chi connectivity index (χ2v) is 7.90. The molecule has 2 aromatic carbocycles. The molecule has 1 aliphatic rings. The standard InChI is InChI=1S/C25H26N4O4.ClH/c1-18-24(25(30)26-10-11-28-12-14-33-15-13-28)22(20-8-5-9-21(16-20)29(31)32)17-23(27-18)19-6-3-2-4-7-19;/h2-9,16-17H,10-15H2,1H3,(H,26,30);1H. The molecule has 0 radical (unpaired) electrons. The minimum atomic E-state index is -0.433. The lowest BCUT2D eigenvalue weighted by Crippen LogP contribution is -2.41. The van der Waals surface area contributed by atoms with E-state index in [1.807, 2.05) is 36.4 Å². The Bertz CT molecular complexity index is 1150. The van der Waals surface area contributed by atoms with Crippen molar-refractivity contribution in [2.24, 2.45) is 0 Å². The van der Waals surface area contributed by atoms with Gasteiger partial charge >= 0.3 is 0 Å². The maximum atomic E-state index is 13.2. The van der Waals surface area contributed by atoms with Gasteiger partial charge in [-0.25, -0.2) is 0 Å². The van der Waals surface area contributed by atoms with E-state index in [2.05, 4.69) is 15.2 Å². The summed E-state index contributed by atoms with van der Waals surface area (Å²) in [6, 6.07) is 17.8. The van der Waals surface area contributed by atoms with E-state index in [1.165, 1.54) is 12.1 Å². The van der Waals surface area contributed by atoms with Crippen molar-refractivity contribution in [3.63, 3.8) is 0 Å². The van der Waals surface area contributed by atoms with Gasteiger partial charge in [0.05, 0.1) is 35.1 Å². The highest BCUT2D eigenvalue weighted by atomic mass is 35.5. The molecule has 1 saturated heterocycles. The molecule has 3 aromatic rings. The molecule has 2 heterocycles. The molecule has 0 bridgehead atoms. The highest BCUT2D eigenvalue weighted by Crippen LogP contribution is 2.32. The average Bonchev–Trinajstić information content (AvgIpc) is 2.84. The van der Waals surface area contributed by atoms with Gasteiger partial charge in [0.25, 0.3) is 11.6 Å². The number of nitrogens with zero attached hydrogens (tertiary/aromatic N) is 3. The average molecular weight is 483 g/mol. The largest absolute Gasteiger partial charge is 0.379 e. The van der Waals surface area contributed by atoms with Crippen LogP contribution in [0.5, 0.6) is 0 Å². The number of hydrogen-bond acceptors (Lipinski definition) is 6. The van der Waals surface area contributed by atoms with Gasteiger partial charge in [-0.05, 0) is 24.1 Å². The van der Waals surface area contributed by atoms with E-state index in [-0.39, 0.29) is 24.0 Å². The molecule has 0 spiro atoms. The predicted octanol–water partition coefficient (Wildman–Crippen LogP) is 4.12. The zero-order valence-corrected chi connectivity index (χ0v) is 19.7. The molecule has 1 amide bonds. The summed E-state index contributed by atoms with van der Waals surface area (Å²) in [5, 5.41) is 14.3. The molecule has 1 aliphatic heterocycles. The Morgan fingerprint density at radius 1 is 1.09 bits per heavy atom. The number of ether oxygens (including phenoxy) is 1. The van der Waals surface area contributed by atoms with Crippen LogP contribution in [0, 0.1) is 17.0 Å². The highest BCUT2D eigenvalue weighted by molar-refractivity contribution is 6.02. The quantitative estimate of drug-likeness (QED) is 0.402. The number of rotatable bonds is 7. The summed E-state index contributed by atoms with van der Waals surface area (Å²) >= 11 is 0. The van der Waals surface area contributed by atoms with Crippen LogP contribution in [0.25, 0.3) is 22.4 Å². The van der Waals surface area contributed by atoms with Gasteiger partial charge in [0.2, 0.25) is 0 Å². The van der Waals surface area contributed by atoms with E-state index in [0.717, 1.165) is 25.2 Å². The number of nitrogens with one attached hydrogen (secondary N) is 1. The molecule has 0 atom stereocenters. The second-order valence-electron chi connectivity index (χ2n) is 7.90. The number of hydrogen-bond donors (Lipinski definition) is 1. The van der Waals surface area contributed by atoms with Crippen molar-refractivity contribution >= 4 is 24.0 Å². The molecule has 4 rings (SSSR count). The number of halogens is 1. The number of benzene rings is 2. The summed E-state index contributed by atoms with van der Waals surface area (Å²) in [4.78, 5) is 31.1. The number of carbonyl (C=O) groups is 1. The maximum absolute atomic E-state index is 13.2. The minimum Gasteiger partial charge on any atom is -0.379 e. The molecule has 0 aliphatic carbocycles. The van der Waals surface area contributed by atoms with E-state index in [9.17, 15) is 14.9 Å². The first-order valence-corrected chi connectivity index (χ1v) is 10.9. The van der Waals surface area contributed by atoms with Gasteiger partial charge in [0, 0.05) is 43.9 Å². The number of amides is 1. The summed E-state index contributed by atoms with van der Waals surface area (Å²) in [7, 11) is 0. The first-order chi connectivity index (χ1) is 16.0. The normalized spacial score (nSPS) is 13.7. The molecule has 1 aromatic heterocycles. The summed E-state index contributed by atoms with van der Waals surface area (Å²) in [5.74, 6) is -0.241.